The number of carbonyl (C=O) groups is 2. The predicted octanol–water partition coefficient (Wildman–Crippen LogP) is 3.16. The Labute approximate surface area is 230 Å². The van der Waals surface area contributed by atoms with Crippen LogP contribution in [0.25, 0.3) is 5.76 Å². The first-order valence-electron chi connectivity index (χ1n) is 12.4. The Balaban J connectivity index is 1.67. The third-order valence-corrected chi connectivity index (χ3v) is 6.88. The van der Waals surface area contributed by atoms with Gasteiger partial charge in [0.05, 0.1) is 46.4 Å². The number of methoxy groups -OCH3 is 4. The van der Waals surface area contributed by atoms with Crippen LogP contribution in [0.15, 0.2) is 48.6 Å². The van der Waals surface area contributed by atoms with Gasteiger partial charge in [-0.05, 0) is 30.7 Å². The van der Waals surface area contributed by atoms with Crippen LogP contribution in [0.3, 0.4) is 0 Å². The molecule has 3 aromatic rings. The molecule has 5 rings (SSSR count). The molecule has 2 aromatic carbocycles. The average Bonchev–Trinajstić information content (AvgIpc) is 3.73. The number of imidazole rings is 1. The molecular formula is C28H29N3O9. The number of aliphatic hydroxyl groups is 1. The highest BCUT2D eigenvalue weighted by molar-refractivity contribution is 6.46. The van der Waals surface area contributed by atoms with Gasteiger partial charge in [-0.3, -0.25) is 9.59 Å². The number of benzene rings is 2. The van der Waals surface area contributed by atoms with E-state index in [1.54, 1.807) is 30.7 Å². The molecule has 0 saturated carbocycles. The summed E-state index contributed by atoms with van der Waals surface area (Å²) in [6, 6.07) is 5.34. The van der Waals surface area contributed by atoms with Gasteiger partial charge in [-0.25, -0.2) is 4.98 Å². The fourth-order valence-electron chi connectivity index (χ4n) is 5.01. The predicted molar refractivity (Wildman–Crippen MR) is 141 cm³/mol. The zero-order valence-electron chi connectivity index (χ0n) is 22.5. The summed E-state index contributed by atoms with van der Waals surface area (Å²) in [4.78, 5) is 32.5. The summed E-state index contributed by atoms with van der Waals surface area (Å²) in [5.41, 5.74) is 0.553. The van der Waals surface area contributed by atoms with E-state index in [0.29, 0.717) is 41.5 Å². The number of aliphatic hydroxyl groups excluding tert-OH is 1. The topological polar surface area (TPSA) is 131 Å². The lowest BCUT2D eigenvalue weighted by Crippen LogP contribution is -2.31. The van der Waals surface area contributed by atoms with Crippen molar-refractivity contribution < 1.29 is 43.1 Å². The van der Waals surface area contributed by atoms with Gasteiger partial charge in [-0.15, -0.1) is 0 Å². The van der Waals surface area contributed by atoms with Gasteiger partial charge in [-0.2, -0.15) is 0 Å². The number of Topliss-reactive ketones (excluding diaryl/α,β-unsaturated/α-hetero) is 1. The molecule has 1 atom stereocenters. The van der Waals surface area contributed by atoms with Gasteiger partial charge < -0.3 is 43.0 Å². The Hall–Kier alpha value is -4.87. The zero-order valence-corrected chi connectivity index (χ0v) is 22.5. The number of ketones is 1. The number of rotatable bonds is 10. The highest BCUT2D eigenvalue weighted by Crippen LogP contribution is 2.54. The number of aryl methyl sites for hydroxylation is 1. The molecule has 210 valence electrons. The van der Waals surface area contributed by atoms with Crippen molar-refractivity contribution in [1.29, 1.82) is 0 Å². The normalized spacial score (nSPS) is 17.3. The Kier molecular flexibility index (Phi) is 7.41. The minimum Gasteiger partial charge on any atom is -0.507 e. The van der Waals surface area contributed by atoms with Gasteiger partial charge in [0.15, 0.2) is 23.0 Å². The van der Waals surface area contributed by atoms with E-state index in [-0.39, 0.29) is 41.7 Å². The summed E-state index contributed by atoms with van der Waals surface area (Å²) in [5, 5.41) is 11.5. The van der Waals surface area contributed by atoms with Crippen LogP contribution in [-0.4, -0.2) is 73.0 Å². The van der Waals surface area contributed by atoms with Crippen molar-refractivity contribution in [3.63, 3.8) is 0 Å². The second-order valence-corrected chi connectivity index (χ2v) is 8.98. The molecule has 1 amide bonds. The van der Waals surface area contributed by atoms with Crippen LogP contribution in [0.2, 0.25) is 0 Å². The van der Waals surface area contributed by atoms with Crippen molar-refractivity contribution in [3.05, 3.63) is 59.7 Å². The van der Waals surface area contributed by atoms with Crippen molar-refractivity contribution in [1.82, 2.24) is 14.5 Å². The van der Waals surface area contributed by atoms with Crippen LogP contribution in [0, 0.1) is 0 Å². The van der Waals surface area contributed by atoms with E-state index >= 15 is 0 Å². The summed E-state index contributed by atoms with van der Waals surface area (Å²) < 4.78 is 35.1. The standard InChI is InChI=1S/C28H29N3O9/c1-35-18-7-6-16(12-19(18)36-2)23(32)21-22(17-13-20(37-3)26-27(25(17)38-4)40-15-39-26)31(28(34)24(21)33)10-5-9-30-11-8-29-14-30/h6-8,11-14,22,32H,5,9-10,15H2,1-4H3. The minimum absolute atomic E-state index is 0.0533. The van der Waals surface area contributed by atoms with Crippen LogP contribution in [0.4, 0.5) is 0 Å². The third kappa shape index (κ3) is 4.51. The number of ether oxygens (including phenoxy) is 6. The summed E-state index contributed by atoms with van der Waals surface area (Å²) in [5.74, 6) is 0.0521. The second kappa shape index (κ2) is 11.1. The van der Waals surface area contributed by atoms with E-state index in [9.17, 15) is 14.7 Å². The lowest BCUT2D eigenvalue weighted by molar-refractivity contribution is -0.140. The molecule has 1 fully saturated rings. The highest BCUT2D eigenvalue weighted by Gasteiger charge is 2.48. The summed E-state index contributed by atoms with van der Waals surface area (Å²) >= 11 is 0. The number of hydrogen-bond acceptors (Lipinski definition) is 10. The monoisotopic (exact) mass is 551 g/mol. The Morgan fingerprint density at radius 1 is 0.975 bits per heavy atom. The van der Waals surface area contributed by atoms with Crippen LogP contribution >= 0.6 is 0 Å². The third-order valence-electron chi connectivity index (χ3n) is 6.88. The highest BCUT2D eigenvalue weighted by atomic mass is 16.7. The zero-order chi connectivity index (χ0) is 28.4. The molecule has 2 aliphatic heterocycles. The van der Waals surface area contributed by atoms with E-state index in [4.69, 9.17) is 28.4 Å². The number of likely N-dealkylation sites (tertiary alicyclic amines) is 1. The maximum absolute atomic E-state index is 13.6. The van der Waals surface area contributed by atoms with Crippen molar-refractivity contribution >= 4 is 17.4 Å². The van der Waals surface area contributed by atoms with Crippen LogP contribution in [0.1, 0.15) is 23.6 Å². The van der Waals surface area contributed by atoms with E-state index in [2.05, 4.69) is 4.98 Å². The molecule has 1 N–H and O–H groups in total. The van der Waals surface area contributed by atoms with Gasteiger partial charge >= 0.3 is 0 Å². The largest absolute Gasteiger partial charge is 0.507 e. The van der Waals surface area contributed by atoms with Crippen LogP contribution in [-0.2, 0) is 16.1 Å². The van der Waals surface area contributed by atoms with Gasteiger partial charge in [0, 0.05) is 36.6 Å². The number of carbonyl (C=O) groups excluding carboxylic acids is 2. The average molecular weight is 552 g/mol. The van der Waals surface area contributed by atoms with Crippen molar-refractivity contribution in [3.8, 4) is 34.5 Å². The Morgan fingerprint density at radius 3 is 2.40 bits per heavy atom. The molecule has 2 aliphatic rings. The molecule has 1 aromatic heterocycles. The number of aromatic nitrogens is 2. The Morgan fingerprint density at radius 2 is 1.73 bits per heavy atom. The van der Waals surface area contributed by atoms with E-state index < -0.39 is 17.7 Å². The second-order valence-electron chi connectivity index (χ2n) is 8.98. The lowest BCUT2D eigenvalue weighted by atomic mass is 9.93. The molecule has 0 radical (unpaired) electrons. The molecule has 12 nitrogen and oxygen atoms in total. The summed E-state index contributed by atoms with van der Waals surface area (Å²) in [6.45, 7) is 0.714. The molecule has 0 bridgehead atoms. The maximum atomic E-state index is 13.6. The fraction of sp³-hybridized carbons (Fsp3) is 0.321. The van der Waals surface area contributed by atoms with Gasteiger partial charge in [0.25, 0.3) is 11.7 Å². The maximum Gasteiger partial charge on any atom is 0.295 e. The molecule has 1 unspecified atom stereocenters. The van der Waals surface area contributed by atoms with E-state index in [1.807, 2.05) is 10.8 Å². The van der Waals surface area contributed by atoms with Crippen LogP contribution in [0.5, 0.6) is 34.5 Å². The molecule has 1 saturated heterocycles. The first-order chi connectivity index (χ1) is 19.4. The molecule has 12 heteroatoms. The smallest absolute Gasteiger partial charge is 0.295 e. The Bertz CT molecular complexity index is 1470. The number of fused-ring (bicyclic) bond motifs is 1. The van der Waals surface area contributed by atoms with Gasteiger partial charge in [-0.1, -0.05) is 0 Å². The molecule has 0 spiro atoms. The SMILES string of the molecule is COc1ccc(C(O)=C2C(=O)C(=O)N(CCCn3ccnc3)C2c2cc(OC)c3c(c2OC)OCO3)cc1OC. The molecule has 0 aliphatic carbocycles. The summed E-state index contributed by atoms with van der Waals surface area (Å²) in [6.07, 6.45) is 5.67. The first kappa shape index (κ1) is 26.7. The molecule has 40 heavy (non-hydrogen) atoms. The summed E-state index contributed by atoms with van der Waals surface area (Å²) in [7, 11) is 5.88. The number of amides is 1. The lowest BCUT2D eigenvalue weighted by Gasteiger charge is -2.27. The van der Waals surface area contributed by atoms with Crippen molar-refractivity contribution in [2.45, 2.75) is 19.0 Å². The molecular weight excluding hydrogens is 522 g/mol. The number of nitrogens with zero attached hydrogens (tertiary/aromatic N) is 3. The van der Waals surface area contributed by atoms with Crippen molar-refractivity contribution in [2.75, 3.05) is 41.8 Å². The van der Waals surface area contributed by atoms with Gasteiger partial charge in [0.2, 0.25) is 18.3 Å². The quantitative estimate of drug-likeness (QED) is 0.228. The van der Waals surface area contributed by atoms with Crippen molar-refractivity contribution in [2.24, 2.45) is 0 Å². The van der Waals surface area contributed by atoms with E-state index in [1.165, 1.54) is 39.4 Å². The van der Waals surface area contributed by atoms with E-state index in [0.717, 1.165) is 0 Å². The first-order valence-corrected chi connectivity index (χ1v) is 12.4. The van der Waals surface area contributed by atoms with Gasteiger partial charge in [0.1, 0.15) is 5.76 Å². The minimum atomic E-state index is -1.02. The number of hydrogen-bond donors (Lipinski definition) is 1. The molecule has 3 heterocycles. The van der Waals surface area contributed by atoms with Crippen LogP contribution < -0.4 is 28.4 Å². The fourth-order valence-corrected chi connectivity index (χ4v) is 5.01.